The third kappa shape index (κ3) is 4.48. The molecule has 0 aliphatic rings. The lowest BCUT2D eigenvalue weighted by Crippen LogP contribution is -2.34. The zero-order valence-corrected chi connectivity index (χ0v) is 15.7. The fourth-order valence-electron chi connectivity index (χ4n) is 3.11. The fraction of sp³-hybridized carbons (Fsp3) is 0.238. The monoisotopic (exact) mass is 403 g/mol. The highest BCUT2D eigenvalue weighted by atomic mass is 19.4. The van der Waals surface area contributed by atoms with Crippen molar-refractivity contribution in [3.63, 3.8) is 0 Å². The van der Waals surface area contributed by atoms with Gasteiger partial charge in [0, 0.05) is 13.1 Å². The zero-order valence-electron chi connectivity index (χ0n) is 15.7. The van der Waals surface area contributed by atoms with Gasteiger partial charge in [0.2, 0.25) is 0 Å². The third-order valence-corrected chi connectivity index (χ3v) is 4.49. The molecule has 152 valence electrons. The van der Waals surface area contributed by atoms with E-state index < -0.39 is 23.3 Å². The van der Waals surface area contributed by atoms with Crippen LogP contribution in [-0.2, 0) is 12.7 Å². The summed E-state index contributed by atoms with van der Waals surface area (Å²) in [5, 5.41) is 13.2. The number of aromatic nitrogens is 2. The van der Waals surface area contributed by atoms with E-state index in [2.05, 4.69) is 5.10 Å². The Kier molecular flexibility index (Phi) is 6.03. The lowest BCUT2D eigenvalue weighted by molar-refractivity contribution is -0.143. The summed E-state index contributed by atoms with van der Waals surface area (Å²) < 4.78 is 42.5. The SMILES string of the molecule is Cc1ccccc1-n1ncc(C(=O)N(CCO)Cc2ccccc2)c1C(F)(F)F. The highest BCUT2D eigenvalue weighted by Crippen LogP contribution is 2.35. The van der Waals surface area contributed by atoms with Gasteiger partial charge in [-0.15, -0.1) is 0 Å². The van der Waals surface area contributed by atoms with Crippen molar-refractivity contribution in [1.29, 1.82) is 0 Å². The van der Waals surface area contributed by atoms with Crippen LogP contribution < -0.4 is 0 Å². The van der Waals surface area contributed by atoms with Crippen LogP contribution in [0.4, 0.5) is 13.2 Å². The van der Waals surface area contributed by atoms with Gasteiger partial charge in [-0.25, -0.2) is 4.68 Å². The molecule has 3 rings (SSSR count). The predicted octanol–water partition coefficient (Wildman–Crippen LogP) is 3.83. The van der Waals surface area contributed by atoms with Crippen LogP contribution in [0, 0.1) is 6.92 Å². The number of aryl methyl sites for hydroxylation is 1. The van der Waals surface area contributed by atoms with E-state index in [4.69, 9.17) is 0 Å². The Labute approximate surface area is 166 Å². The summed E-state index contributed by atoms with van der Waals surface area (Å²) >= 11 is 0. The molecule has 0 bridgehead atoms. The molecule has 5 nitrogen and oxygen atoms in total. The Morgan fingerprint density at radius 3 is 2.38 bits per heavy atom. The van der Waals surface area contributed by atoms with E-state index in [9.17, 15) is 23.1 Å². The molecule has 0 aliphatic heterocycles. The van der Waals surface area contributed by atoms with E-state index in [0.29, 0.717) is 5.56 Å². The van der Waals surface area contributed by atoms with Gasteiger partial charge in [-0.05, 0) is 24.1 Å². The molecule has 1 aromatic heterocycles. The van der Waals surface area contributed by atoms with E-state index in [1.54, 1.807) is 55.5 Å². The Morgan fingerprint density at radius 2 is 1.76 bits per heavy atom. The van der Waals surface area contributed by atoms with E-state index in [1.165, 1.54) is 11.0 Å². The van der Waals surface area contributed by atoms with Gasteiger partial charge in [0.25, 0.3) is 5.91 Å². The van der Waals surface area contributed by atoms with Gasteiger partial charge in [-0.2, -0.15) is 18.3 Å². The smallest absolute Gasteiger partial charge is 0.395 e. The largest absolute Gasteiger partial charge is 0.434 e. The number of benzene rings is 2. The van der Waals surface area contributed by atoms with E-state index in [-0.39, 0.29) is 25.4 Å². The number of para-hydroxylation sites is 1. The average Bonchev–Trinajstić information content (AvgIpc) is 3.14. The number of hydrogen-bond donors (Lipinski definition) is 1. The average molecular weight is 403 g/mol. The number of aliphatic hydroxyl groups is 1. The first-order chi connectivity index (χ1) is 13.8. The minimum atomic E-state index is -4.79. The number of carbonyl (C=O) groups is 1. The van der Waals surface area contributed by atoms with Gasteiger partial charge in [-0.3, -0.25) is 4.79 Å². The molecule has 29 heavy (non-hydrogen) atoms. The maximum absolute atomic E-state index is 13.9. The Hall–Kier alpha value is -3.13. The quantitative estimate of drug-likeness (QED) is 0.681. The van der Waals surface area contributed by atoms with Crippen molar-refractivity contribution in [1.82, 2.24) is 14.7 Å². The molecular weight excluding hydrogens is 383 g/mol. The second kappa shape index (κ2) is 8.48. The maximum atomic E-state index is 13.9. The minimum absolute atomic E-state index is 0.0765. The van der Waals surface area contributed by atoms with Crippen molar-refractivity contribution in [2.75, 3.05) is 13.2 Å². The summed E-state index contributed by atoms with van der Waals surface area (Å²) in [7, 11) is 0. The molecule has 0 unspecified atom stereocenters. The van der Waals surface area contributed by atoms with Crippen molar-refractivity contribution >= 4 is 5.91 Å². The second-order valence-corrected chi connectivity index (χ2v) is 6.54. The number of carbonyl (C=O) groups excluding carboxylic acids is 1. The summed E-state index contributed by atoms with van der Waals surface area (Å²) in [6.45, 7) is 1.28. The summed E-state index contributed by atoms with van der Waals surface area (Å²) in [5.74, 6) is -0.838. The number of aliphatic hydroxyl groups excluding tert-OH is 1. The number of hydrogen-bond acceptors (Lipinski definition) is 3. The number of nitrogens with zero attached hydrogens (tertiary/aromatic N) is 3. The van der Waals surface area contributed by atoms with Crippen LogP contribution in [0.25, 0.3) is 5.69 Å². The molecule has 1 heterocycles. The van der Waals surface area contributed by atoms with Gasteiger partial charge in [0.15, 0.2) is 5.69 Å². The maximum Gasteiger partial charge on any atom is 0.434 e. The number of rotatable bonds is 6. The molecule has 0 spiro atoms. The van der Waals surface area contributed by atoms with Crippen LogP contribution in [0.1, 0.15) is 27.2 Å². The molecule has 0 radical (unpaired) electrons. The van der Waals surface area contributed by atoms with Crippen molar-refractivity contribution in [3.8, 4) is 5.69 Å². The third-order valence-electron chi connectivity index (χ3n) is 4.49. The van der Waals surface area contributed by atoms with Crippen LogP contribution in [-0.4, -0.2) is 38.8 Å². The molecule has 1 amide bonds. The van der Waals surface area contributed by atoms with E-state index in [0.717, 1.165) is 16.4 Å². The lowest BCUT2D eigenvalue weighted by atomic mass is 10.1. The highest BCUT2D eigenvalue weighted by molar-refractivity contribution is 5.95. The Bertz CT molecular complexity index is 984. The van der Waals surface area contributed by atoms with Crippen LogP contribution in [0.5, 0.6) is 0 Å². The first kappa shape index (κ1) is 20.6. The molecule has 0 aliphatic carbocycles. The van der Waals surface area contributed by atoms with Crippen molar-refractivity contribution in [2.45, 2.75) is 19.6 Å². The van der Waals surface area contributed by atoms with Crippen LogP contribution >= 0.6 is 0 Å². The first-order valence-corrected chi connectivity index (χ1v) is 8.98. The molecule has 0 saturated heterocycles. The van der Waals surface area contributed by atoms with Crippen LogP contribution in [0.15, 0.2) is 60.8 Å². The van der Waals surface area contributed by atoms with Crippen molar-refractivity contribution in [3.05, 3.63) is 83.2 Å². The molecule has 3 aromatic rings. The Morgan fingerprint density at radius 1 is 1.10 bits per heavy atom. The van der Waals surface area contributed by atoms with Gasteiger partial charge in [-0.1, -0.05) is 48.5 Å². The van der Waals surface area contributed by atoms with Crippen molar-refractivity contribution < 1.29 is 23.1 Å². The lowest BCUT2D eigenvalue weighted by Gasteiger charge is -2.22. The summed E-state index contributed by atoms with van der Waals surface area (Å²) in [6, 6.07) is 15.4. The van der Waals surface area contributed by atoms with Gasteiger partial charge >= 0.3 is 6.18 Å². The molecule has 0 saturated carbocycles. The zero-order chi connectivity index (χ0) is 21.0. The molecule has 1 N–H and O–H groups in total. The number of amides is 1. The number of halogens is 3. The van der Waals surface area contributed by atoms with Gasteiger partial charge in [0.05, 0.1) is 24.1 Å². The minimum Gasteiger partial charge on any atom is -0.395 e. The predicted molar refractivity (Wildman–Crippen MR) is 102 cm³/mol. The first-order valence-electron chi connectivity index (χ1n) is 8.98. The topological polar surface area (TPSA) is 58.4 Å². The van der Waals surface area contributed by atoms with E-state index in [1.807, 2.05) is 0 Å². The molecule has 0 atom stereocenters. The molecule has 2 aromatic carbocycles. The second-order valence-electron chi connectivity index (χ2n) is 6.54. The highest BCUT2D eigenvalue weighted by Gasteiger charge is 2.41. The number of alkyl halides is 3. The van der Waals surface area contributed by atoms with Crippen LogP contribution in [0.2, 0.25) is 0 Å². The molecule has 0 fully saturated rings. The molecular formula is C21H20F3N3O2. The van der Waals surface area contributed by atoms with Gasteiger partial charge in [0.1, 0.15) is 0 Å². The summed E-state index contributed by atoms with van der Waals surface area (Å²) in [4.78, 5) is 14.2. The summed E-state index contributed by atoms with van der Waals surface area (Å²) in [5.41, 5.74) is -0.0978. The normalized spacial score (nSPS) is 11.5. The van der Waals surface area contributed by atoms with E-state index >= 15 is 0 Å². The summed E-state index contributed by atoms with van der Waals surface area (Å²) in [6.07, 6.45) is -3.85. The van der Waals surface area contributed by atoms with Gasteiger partial charge < -0.3 is 10.0 Å². The van der Waals surface area contributed by atoms with Crippen molar-refractivity contribution in [2.24, 2.45) is 0 Å². The fourth-order valence-corrected chi connectivity index (χ4v) is 3.11. The Balaban J connectivity index is 2.04. The standard InChI is InChI=1S/C21H20F3N3O2/c1-15-7-5-6-10-18(15)27-19(21(22,23)24)17(13-25-27)20(29)26(11-12-28)14-16-8-3-2-4-9-16/h2-10,13,28H,11-12,14H2,1H3. The van der Waals surface area contributed by atoms with Crippen LogP contribution in [0.3, 0.4) is 0 Å². The molecule has 8 heteroatoms.